The molecule has 0 amide bonds. The summed E-state index contributed by atoms with van der Waals surface area (Å²) in [5, 5.41) is 13.4. The van der Waals surface area contributed by atoms with E-state index in [0.717, 1.165) is 38.9 Å². The molecule has 0 spiro atoms. The smallest absolute Gasteiger partial charge is 0.0578 e. The zero-order chi connectivity index (χ0) is 16.9. The normalized spacial score (nSPS) is 17.8. The summed E-state index contributed by atoms with van der Waals surface area (Å²) < 4.78 is 0. The van der Waals surface area contributed by atoms with Gasteiger partial charge in [-0.25, -0.2) is 0 Å². The van der Waals surface area contributed by atoms with E-state index in [-0.39, 0.29) is 6.10 Å². The second-order valence-corrected chi connectivity index (χ2v) is 7.89. The van der Waals surface area contributed by atoms with Crippen molar-refractivity contribution in [3.8, 4) is 0 Å². The average Bonchev–Trinajstić information content (AvgIpc) is 3.08. The number of piperidine rings is 1. The quantitative estimate of drug-likeness (QED) is 0.813. The van der Waals surface area contributed by atoms with Crippen LogP contribution in [0.3, 0.4) is 0 Å². The molecule has 2 aromatic rings. The van der Waals surface area contributed by atoms with Crippen molar-refractivity contribution in [2.45, 2.75) is 51.8 Å². The molecule has 0 bridgehead atoms. The van der Waals surface area contributed by atoms with E-state index in [1.165, 1.54) is 21.0 Å². The minimum atomic E-state index is -0.110. The van der Waals surface area contributed by atoms with Gasteiger partial charge in [0.1, 0.15) is 0 Å². The fourth-order valence-electron chi connectivity index (χ4n) is 3.24. The SMILES string of the molecule is CCc1ccc(C(C)Nc2ccccc2CN2CCC(O)CC2)s1. The lowest BCUT2D eigenvalue weighted by molar-refractivity contribution is 0.0793. The summed E-state index contributed by atoms with van der Waals surface area (Å²) in [6.45, 7) is 7.36. The molecule has 130 valence electrons. The summed E-state index contributed by atoms with van der Waals surface area (Å²) in [6, 6.07) is 13.4. The zero-order valence-electron chi connectivity index (χ0n) is 14.7. The first-order chi connectivity index (χ1) is 11.7. The topological polar surface area (TPSA) is 35.5 Å². The van der Waals surface area contributed by atoms with Gasteiger partial charge in [-0.3, -0.25) is 4.90 Å². The number of benzene rings is 1. The molecule has 1 aromatic carbocycles. The van der Waals surface area contributed by atoms with Gasteiger partial charge in [-0.1, -0.05) is 25.1 Å². The van der Waals surface area contributed by atoms with Crippen LogP contribution >= 0.6 is 11.3 Å². The first kappa shape index (κ1) is 17.5. The molecule has 1 aliphatic heterocycles. The minimum Gasteiger partial charge on any atom is -0.393 e. The van der Waals surface area contributed by atoms with Gasteiger partial charge in [0.25, 0.3) is 0 Å². The lowest BCUT2D eigenvalue weighted by Gasteiger charge is -2.30. The predicted molar refractivity (Wildman–Crippen MR) is 103 cm³/mol. The van der Waals surface area contributed by atoms with E-state index in [2.05, 4.69) is 60.5 Å². The monoisotopic (exact) mass is 344 g/mol. The van der Waals surface area contributed by atoms with E-state index in [1.807, 2.05) is 11.3 Å². The summed E-state index contributed by atoms with van der Waals surface area (Å²) in [4.78, 5) is 5.28. The van der Waals surface area contributed by atoms with Gasteiger partial charge >= 0.3 is 0 Å². The molecule has 24 heavy (non-hydrogen) atoms. The predicted octanol–water partition coefficient (Wildman–Crippen LogP) is 4.44. The molecular formula is C20H28N2OS. The highest BCUT2D eigenvalue weighted by atomic mass is 32.1. The molecule has 3 rings (SSSR count). The number of aliphatic hydroxyl groups excluding tert-OH is 1. The third kappa shape index (κ3) is 4.38. The summed E-state index contributed by atoms with van der Waals surface area (Å²) in [7, 11) is 0. The maximum absolute atomic E-state index is 9.68. The summed E-state index contributed by atoms with van der Waals surface area (Å²) in [5.41, 5.74) is 2.57. The van der Waals surface area contributed by atoms with Crippen LogP contribution in [-0.2, 0) is 13.0 Å². The molecule has 3 nitrogen and oxygen atoms in total. The molecule has 0 aliphatic carbocycles. The van der Waals surface area contributed by atoms with Crippen molar-refractivity contribution >= 4 is 17.0 Å². The second kappa shape index (κ2) is 8.15. The number of rotatable bonds is 6. The Balaban J connectivity index is 1.67. The molecule has 1 aliphatic rings. The molecule has 1 aromatic heterocycles. The third-order valence-corrected chi connectivity index (χ3v) is 6.21. The van der Waals surface area contributed by atoms with Crippen molar-refractivity contribution < 1.29 is 5.11 Å². The molecular weight excluding hydrogens is 316 g/mol. The molecule has 1 unspecified atom stereocenters. The summed E-state index contributed by atoms with van der Waals surface area (Å²) in [6.07, 6.45) is 2.78. The number of aryl methyl sites for hydroxylation is 1. The van der Waals surface area contributed by atoms with Crippen LogP contribution in [0, 0.1) is 0 Å². The van der Waals surface area contributed by atoms with Crippen LogP contribution in [0.15, 0.2) is 36.4 Å². The first-order valence-corrected chi connectivity index (χ1v) is 9.81. The van der Waals surface area contributed by atoms with Crippen LogP contribution in [-0.4, -0.2) is 29.2 Å². The van der Waals surface area contributed by atoms with Crippen molar-refractivity contribution in [2.75, 3.05) is 18.4 Å². The third-order valence-electron chi connectivity index (χ3n) is 4.80. The molecule has 0 saturated carbocycles. The van der Waals surface area contributed by atoms with Gasteiger partial charge in [0.2, 0.25) is 0 Å². The van der Waals surface area contributed by atoms with Gasteiger partial charge in [-0.2, -0.15) is 0 Å². The molecule has 0 radical (unpaired) electrons. The molecule has 4 heteroatoms. The Kier molecular flexibility index (Phi) is 5.93. The highest BCUT2D eigenvalue weighted by Crippen LogP contribution is 2.28. The average molecular weight is 345 g/mol. The Bertz CT molecular complexity index is 647. The maximum atomic E-state index is 9.68. The summed E-state index contributed by atoms with van der Waals surface area (Å²) >= 11 is 1.90. The van der Waals surface area contributed by atoms with E-state index >= 15 is 0 Å². The van der Waals surface area contributed by atoms with Gasteiger partial charge in [0, 0.05) is 35.1 Å². The van der Waals surface area contributed by atoms with Gasteiger partial charge in [0.15, 0.2) is 0 Å². The van der Waals surface area contributed by atoms with Crippen LogP contribution in [0.2, 0.25) is 0 Å². The Morgan fingerprint density at radius 1 is 1.21 bits per heavy atom. The zero-order valence-corrected chi connectivity index (χ0v) is 15.5. The number of thiophene rings is 1. The van der Waals surface area contributed by atoms with Gasteiger partial charge in [-0.05, 0) is 49.9 Å². The fourth-order valence-corrected chi connectivity index (χ4v) is 4.19. The Hall–Kier alpha value is -1.36. The van der Waals surface area contributed by atoms with Crippen molar-refractivity contribution in [3.05, 3.63) is 51.7 Å². The molecule has 2 N–H and O–H groups in total. The lowest BCUT2D eigenvalue weighted by atomic mass is 10.1. The number of anilines is 1. The van der Waals surface area contributed by atoms with E-state index in [1.54, 1.807) is 0 Å². The summed E-state index contributed by atoms with van der Waals surface area (Å²) in [5.74, 6) is 0. The van der Waals surface area contributed by atoms with Crippen LogP contribution in [0.5, 0.6) is 0 Å². The second-order valence-electron chi connectivity index (χ2n) is 6.69. The van der Waals surface area contributed by atoms with E-state index < -0.39 is 0 Å². The highest BCUT2D eigenvalue weighted by molar-refractivity contribution is 7.12. The van der Waals surface area contributed by atoms with Crippen molar-refractivity contribution in [1.29, 1.82) is 0 Å². The van der Waals surface area contributed by atoms with Gasteiger partial charge < -0.3 is 10.4 Å². The first-order valence-electron chi connectivity index (χ1n) is 8.99. The number of para-hydroxylation sites is 1. The number of hydrogen-bond donors (Lipinski definition) is 2. The maximum Gasteiger partial charge on any atom is 0.0578 e. The van der Waals surface area contributed by atoms with E-state index in [9.17, 15) is 5.11 Å². The van der Waals surface area contributed by atoms with Crippen molar-refractivity contribution in [3.63, 3.8) is 0 Å². The Morgan fingerprint density at radius 3 is 2.67 bits per heavy atom. The standard InChI is InChI=1S/C20H28N2OS/c1-3-18-8-9-20(24-18)15(2)21-19-7-5-4-6-16(19)14-22-12-10-17(23)11-13-22/h4-9,15,17,21,23H,3,10-14H2,1-2H3. The van der Waals surface area contributed by atoms with Gasteiger partial charge in [-0.15, -0.1) is 11.3 Å². The fraction of sp³-hybridized carbons (Fsp3) is 0.500. The minimum absolute atomic E-state index is 0.110. The Morgan fingerprint density at radius 2 is 1.96 bits per heavy atom. The van der Waals surface area contributed by atoms with Crippen molar-refractivity contribution in [2.24, 2.45) is 0 Å². The van der Waals surface area contributed by atoms with Crippen molar-refractivity contribution in [1.82, 2.24) is 4.90 Å². The molecule has 2 heterocycles. The van der Waals surface area contributed by atoms with Crippen LogP contribution in [0.1, 0.15) is 48.0 Å². The van der Waals surface area contributed by atoms with E-state index in [4.69, 9.17) is 0 Å². The number of likely N-dealkylation sites (tertiary alicyclic amines) is 1. The Labute approximate surface area is 149 Å². The van der Waals surface area contributed by atoms with E-state index in [0.29, 0.717) is 6.04 Å². The lowest BCUT2D eigenvalue weighted by Crippen LogP contribution is -2.35. The number of nitrogens with one attached hydrogen (secondary N) is 1. The largest absolute Gasteiger partial charge is 0.393 e. The number of aliphatic hydroxyl groups is 1. The highest BCUT2D eigenvalue weighted by Gasteiger charge is 2.18. The van der Waals surface area contributed by atoms with Crippen LogP contribution in [0.4, 0.5) is 5.69 Å². The van der Waals surface area contributed by atoms with Crippen LogP contribution < -0.4 is 5.32 Å². The molecule has 1 fully saturated rings. The van der Waals surface area contributed by atoms with Gasteiger partial charge in [0.05, 0.1) is 12.1 Å². The number of nitrogens with zero attached hydrogens (tertiary/aromatic N) is 1. The molecule has 1 saturated heterocycles. The molecule has 1 atom stereocenters. The van der Waals surface area contributed by atoms with Crippen LogP contribution in [0.25, 0.3) is 0 Å². The number of hydrogen-bond acceptors (Lipinski definition) is 4.